The summed E-state index contributed by atoms with van der Waals surface area (Å²) in [6.45, 7) is 0. The minimum Gasteiger partial charge on any atom is -0.325 e. The van der Waals surface area contributed by atoms with Gasteiger partial charge < -0.3 is 5.32 Å². The standard InChI is InChI=1S/C18H13F3N4OS/c19-18(20,21)12-5-1-2-6-13(12)23-16(26)11-27-17-9-8-15(24-25-17)14-7-3-4-10-22-14/h1-10H,11H2,(H,23,26). The number of anilines is 1. The normalized spacial score (nSPS) is 11.2. The van der Waals surface area contributed by atoms with Crippen molar-refractivity contribution >= 4 is 23.4 Å². The van der Waals surface area contributed by atoms with Gasteiger partial charge in [0.25, 0.3) is 0 Å². The van der Waals surface area contributed by atoms with Crippen LogP contribution in [0.1, 0.15) is 5.56 Å². The number of pyridine rings is 1. The number of alkyl halides is 3. The summed E-state index contributed by atoms with van der Waals surface area (Å²) in [5.41, 5.74) is 0.0987. The molecule has 3 rings (SSSR count). The summed E-state index contributed by atoms with van der Waals surface area (Å²) < 4.78 is 38.8. The van der Waals surface area contributed by atoms with Crippen LogP contribution < -0.4 is 5.32 Å². The molecule has 9 heteroatoms. The second kappa shape index (κ2) is 8.17. The Bertz CT molecular complexity index is 918. The van der Waals surface area contributed by atoms with Crippen molar-refractivity contribution < 1.29 is 18.0 Å². The third-order valence-corrected chi connectivity index (χ3v) is 4.35. The summed E-state index contributed by atoms with van der Waals surface area (Å²) in [6, 6.07) is 13.6. The highest BCUT2D eigenvalue weighted by atomic mass is 32.2. The number of rotatable bonds is 5. The summed E-state index contributed by atoms with van der Waals surface area (Å²) in [4.78, 5) is 16.2. The van der Waals surface area contributed by atoms with Gasteiger partial charge in [-0.2, -0.15) is 13.2 Å². The molecule has 5 nitrogen and oxygen atoms in total. The van der Waals surface area contributed by atoms with Crippen LogP contribution in [0.5, 0.6) is 0 Å². The van der Waals surface area contributed by atoms with Gasteiger partial charge in [-0.25, -0.2) is 0 Å². The second-order valence-corrected chi connectivity index (χ2v) is 6.35. The zero-order chi connectivity index (χ0) is 19.3. The van der Waals surface area contributed by atoms with Gasteiger partial charge in [0.15, 0.2) is 0 Å². The van der Waals surface area contributed by atoms with Crippen molar-refractivity contribution in [3.05, 3.63) is 66.4 Å². The van der Waals surface area contributed by atoms with Crippen molar-refractivity contribution in [1.82, 2.24) is 15.2 Å². The average molecular weight is 390 g/mol. The summed E-state index contributed by atoms with van der Waals surface area (Å²) in [5, 5.41) is 10.8. The number of benzene rings is 1. The van der Waals surface area contributed by atoms with E-state index in [1.165, 1.54) is 18.2 Å². The third-order valence-electron chi connectivity index (χ3n) is 3.43. The number of halogens is 3. The van der Waals surface area contributed by atoms with Crippen LogP contribution in [-0.2, 0) is 11.0 Å². The minimum atomic E-state index is -4.54. The molecule has 3 aromatic rings. The predicted octanol–water partition coefficient (Wildman–Crippen LogP) is 4.29. The Morgan fingerprint density at radius 1 is 0.963 bits per heavy atom. The molecule has 0 saturated carbocycles. The summed E-state index contributed by atoms with van der Waals surface area (Å²) in [6.07, 6.45) is -2.90. The molecule has 138 valence electrons. The van der Waals surface area contributed by atoms with Crippen LogP contribution in [0, 0.1) is 0 Å². The van der Waals surface area contributed by atoms with Gasteiger partial charge in [0.2, 0.25) is 5.91 Å². The lowest BCUT2D eigenvalue weighted by molar-refractivity contribution is -0.137. The van der Waals surface area contributed by atoms with Crippen LogP contribution in [0.15, 0.2) is 65.8 Å². The first-order chi connectivity index (χ1) is 12.9. The van der Waals surface area contributed by atoms with Crippen molar-refractivity contribution in [2.45, 2.75) is 11.2 Å². The Morgan fingerprint density at radius 3 is 2.41 bits per heavy atom. The number of thioether (sulfide) groups is 1. The van der Waals surface area contributed by atoms with E-state index in [2.05, 4.69) is 20.5 Å². The molecule has 2 aromatic heterocycles. The topological polar surface area (TPSA) is 67.8 Å². The van der Waals surface area contributed by atoms with Crippen molar-refractivity contribution in [3.63, 3.8) is 0 Å². The highest BCUT2D eigenvalue weighted by Gasteiger charge is 2.33. The van der Waals surface area contributed by atoms with E-state index in [4.69, 9.17) is 0 Å². The van der Waals surface area contributed by atoms with Gasteiger partial charge in [0, 0.05) is 6.20 Å². The number of amides is 1. The molecule has 0 fully saturated rings. The molecule has 0 aliphatic carbocycles. The molecule has 0 unspecified atom stereocenters. The fourth-order valence-corrected chi connectivity index (χ4v) is 2.83. The summed E-state index contributed by atoms with van der Waals surface area (Å²) in [7, 11) is 0. The van der Waals surface area contributed by atoms with Crippen LogP contribution >= 0.6 is 11.8 Å². The van der Waals surface area contributed by atoms with Crippen LogP contribution in [0.3, 0.4) is 0 Å². The number of carbonyl (C=O) groups excluding carboxylic acids is 1. The average Bonchev–Trinajstić information content (AvgIpc) is 2.67. The maximum Gasteiger partial charge on any atom is 0.418 e. The van der Waals surface area contributed by atoms with Gasteiger partial charge in [0.05, 0.1) is 22.7 Å². The van der Waals surface area contributed by atoms with Crippen LogP contribution in [-0.4, -0.2) is 26.8 Å². The number of para-hydroxylation sites is 1. The molecule has 2 heterocycles. The molecule has 0 aliphatic heterocycles. The molecule has 0 saturated heterocycles. The summed E-state index contributed by atoms with van der Waals surface area (Å²) >= 11 is 1.08. The van der Waals surface area contributed by atoms with Crippen LogP contribution in [0.2, 0.25) is 0 Å². The van der Waals surface area contributed by atoms with E-state index in [9.17, 15) is 18.0 Å². The highest BCUT2D eigenvalue weighted by molar-refractivity contribution is 7.99. The SMILES string of the molecule is O=C(CSc1ccc(-c2ccccn2)nn1)Nc1ccccc1C(F)(F)F. The molecule has 1 N–H and O–H groups in total. The van der Waals surface area contributed by atoms with E-state index in [1.54, 1.807) is 30.5 Å². The fourth-order valence-electron chi connectivity index (χ4n) is 2.21. The van der Waals surface area contributed by atoms with Crippen molar-refractivity contribution in [2.75, 3.05) is 11.1 Å². The van der Waals surface area contributed by atoms with E-state index < -0.39 is 17.6 Å². The molecule has 27 heavy (non-hydrogen) atoms. The van der Waals surface area contributed by atoms with Crippen molar-refractivity contribution in [3.8, 4) is 11.4 Å². The van der Waals surface area contributed by atoms with E-state index in [0.717, 1.165) is 17.8 Å². The van der Waals surface area contributed by atoms with Gasteiger partial charge in [-0.1, -0.05) is 30.0 Å². The lowest BCUT2D eigenvalue weighted by Crippen LogP contribution is -2.18. The Balaban J connectivity index is 1.60. The number of carbonyl (C=O) groups is 1. The first kappa shape index (κ1) is 18.8. The Hall–Kier alpha value is -2.94. The van der Waals surface area contributed by atoms with Crippen molar-refractivity contribution in [2.24, 2.45) is 0 Å². The van der Waals surface area contributed by atoms with Gasteiger partial charge >= 0.3 is 6.18 Å². The maximum absolute atomic E-state index is 12.9. The molecule has 0 spiro atoms. The summed E-state index contributed by atoms with van der Waals surface area (Å²) in [5.74, 6) is -0.656. The zero-order valence-corrected chi connectivity index (χ0v) is 14.6. The number of nitrogens with zero attached hydrogens (tertiary/aromatic N) is 3. The van der Waals surface area contributed by atoms with E-state index >= 15 is 0 Å². The van der Waals surface area contributed by atoms with Gasteiger partial charge in [-0.05, 0) is 36.4 Å². The number of aromatic nitrogens is 3. The molecule has 0 radical (unpaired) electrons. The van der Waals surface area contributed by atoms with E-state index in [0.29, 0.717) is 16.4 Å². The predicted molar refractivity (Wildman–Crippen MR) is 96.1 cm³/mol. The number of hydrogen-bond acceptors (Lipinski definition) is 5. The first-order valence-electron chi connectivity index (χ1n) is 7.77. The van der Waals surface area contributed by atoms with E-state index in [1.807, 2.05) is 6.07 Å². The second-order valence-electron chi connectivity index (χ2n) is 5.35. The molecule has 0 atom stereocenters. The molecule has 0 bridgehead atoms. The van der Waals surface area contributed by atoms with Gasteiger partial charge in [-0.3, -0.25) is 9.78 Å². The molecular weight excluding hydrogens is 377 g/mol. The fraction of sp³-hybridized carbons (Fsp3) is 0.111. The number of hydrogen-bond donors (Lipinski definition) is 1. The van der Waals surface area contributed by atoms with Crippen molar-refractivity contribution in [1.29, 1.82) is 0 Å². The zero-order valence-electron chi connectivity index (χ0n) is 13.8. The smallest absolute Gasteiger partial charge is 0.325 e. The molecule has 0 aliphatic rings. The Labute approximate surface area is 157 Å². The lowest BCUT2D eigenvalue weighted by Gasteiger charge is -2.13. The van der Waals surface area contributed by atoms with Gasteiger partial charge in [0.1, 0.15) is 10.7 Å². The quantitative estimate of drug-likeness (QED) is 0.659. The minimum absolute atomic E-state index is 0.0934. The molecular formula is C18H13F3N4OS. The third kappa shape index (κ3) is 5.04. The molecule has 1 aromatic carbocycles. The largest absolute Gasteiger partial charge is 0.418 e. The highest BCUT2D eigenvalue weighted by Crippen LogP contribution is 2.34. The number of nitrogens with one attached hydrogen (secondary N) is 1. The monoisotopic (exact) mass is 390 g/mol. The van der Waals surface area contributed by atoms with Crippen LogP contribution in [0.4, 0.5) is 18.9 Å². The Kier molecular flexibility index (Phi) is 5.70. The first-order valence-corrected chi connectivity index (χ1v) is 8.76. The Morgan fingerprint density at radius 2 is 1.74 bits per heavy atom. The maximum atomic E-state index is 12.9. The lowest BCUT2D eigenvalue weighted by atomic mass is 10.1. The van der Waals surface area contributed by atoms with E-state index in [-0.39, 0.29) is 11.4 Å². The molecule has 1 amide bonds. The van der Waals surface area contributed by atoms with Gasteiger partial charge in [-0.15, -0.1) is 10.2 Å². The van der Waals surface area contributed by atoms with Crippen LogP contribution in [0.25, 0.3) is 11.4 Å².